The van der Waals surface area contributed by atoms with Crippen molar-refractivity contribution in [2.45, 2.75) is 51.9 Å². The Kier molecular flexibility index (Phi) is 2.59. The molecule has 2 aromatic heterocycles. The van der Waals surface area contributed by atoms with Crippen molar-refractivity contribution in [3.05, 3.63) is 16.3 Å². The van der Waals surface area contributed by atoms with E-state index in [0.29, 0.717) is 5.82 Å². The lowest BCUT2D eigenvalue weighted by molar-refractivity contribution is 0.549. The van der Waals surface area contributed by atoms with E-state index in [1.807, 2.05) is 11.3 Å². The van der Waals surface area contributed by atoms with Gasteiger partial charge in [-0.1, -0.05) is 20.8 Å². The summed E-state index contributed by atoms with van der Waals surface area (Å²) >= 11 is 1.81. The summed E-state index contributed by atoms with van der Waals surface area (Å²) in [4.78, 5) is 11.8. The highest BCUT2D eigenvalue weighted by Crippen LogP contribution is 2.38. The molecule has 2 N–H and O–H groups in total. The third-order valence-corrected chi connectivity index (χ3v) is 4.70. The highest BCUT2D eigenvalue weighted by molar-refractivity contribution is 7.19. The van der Waals surface area contributed by atoms with Gasteiger partial charge in [-0.2, -0.15) is 0 Å². The lowest BCUT2D eigenvalue weighted by Crippen LogP contribution is -2.17. The van der Waals surface area contributed by atoms with Gasteiger partial charge in [0.05, 0.1) is 5.39 Å². The maximum absolute atomic E-state index is 6.18. The normalized spacial score (nSPS) is 15.9. The Morgan fingerprint density at radius 1 is 1.11 bits per heavy atom. The van der Waals surface area contributed by atoms with E-state index in [1.165, 1.54) is 29.7 Å². The van der Waals surface area contributed by atoms with Crippen molar-refractivity contribution in [3.8, 4) is 0 Å². The standard InChI is InChI=1S/C14H19N3S/c1-14(2,3)13-16-11(15)10-8-6-4-5-7-9(8)18-12(10)17-13/h4-7H2,1-3H3,(H2,15,16,17). The van der Waals surface area contributed by atoms with E-state index in [1.54, 1.807) is 0 Å². The molecule has 0 unspecified atom stereocenters. The molecule has 3 rings (SSSR count). The number of hydrogen-bond acceptors (Lipinski definition) is 4. The number of rotatable bonds is 0. The van der Waals surface area contributed by atoms with Crippen LogP contribution in [-0.2, 0) is 18.3 Å². The molecule has 4 heteroatoms. The van der Waals surface area contributed by atoms with Crippen molar-refractivity contribution in [1.29, 1.82) is 0 Å². The third-order valence-electron chi connectivity index (χ3n) is 3.51. The second kappa shape index (κ2) is 3.92. The van der Waals surface area contributed by atoms with Crippen LogP contribution >= 0.6 is 11.3 Å². The second-order valence-electron chi connectivity index (χ2n) is 6.07. The zero-order valence-corrected chi connectivity index (χ0v) is 12.0. The second-order valence-corrected chi connectivity index (χ2v) is 7.16. The molecule has 0 amide bonds. The molecule has 0 spiro atoms. The molecule has 0 aliphatic heterocycles. The molecule has 18 heavy (non-hydrogen) atoms. The van der Waals surface area contributed by atoms with E-state index < -0.39 is 0 Å². The molecule has 0 atom stereocenters. The average molecular weight is 261 g/mol. The zero-order chi connectivity index (χ0) is 12.9. The summed E-state index contributed by atoms with van der Waals surface area (Å²) in [6, 6.07) is 0. The summed E-state index contributed by atoms with van der Waals surface area (Å²) in [5.74, 6) is 1.52. The van der Waals surface area contributed by atoms with Crippen LogP contribution in [0.3, 0.4) is 0 Å². The van der Waals surface area contributed by atoms with E-state index in [9.17, 15) is 0 Å². The van der Waals surface area contributed by atoms with Crippen molar-refractivity contribution >= 4 is 27.4 Å². The molecule has 2 heterocycles. The molecule has 0 saturated carbocycles. The zero-order valence-electron chi connectivity index (χ0n) is 11.2. The number of anilines is 1. The molecule has 0 fully saturated rings. The van der Waals surface area contributed by atoms with Gasteiger partial charge in [-0.15, -0.1) is 11.3 Å². The van der Waals surface area contributed by atoms with Gasteiger partial charge >= 0.3 is 0 Å². The predicted octanol–water partition coefficient (Wildman–Crippen LogP) is 3.45. The minimum atomic E-state index is -0.0488. The van der Waals surface area contributed by atoms with Gasteiger partial charge in [-0.05, 0) is 31.2 Å². The quantitative estimate of drug-likeness (QED) is 0.790. The van der Waals surface area contributed by atoms with Crippen molar-refractivity contribution in [2.75, 3.05) is 5.73 Å². The number of aromatic nitrogens is 2. The Morgan fingerprint density at radius 2 is 1.83 bits per heavy atom. The van der Waals surface area contributed by atoms with Gasteiger partial charge < -0.3 is 5.73 Å². The predicted molar refractivity (Wildman–Crippen MR) is 77.2 cm³/mol. The third kappa shape index (κ3) is 1.79. The van der Waals surface area contributed by atoms with Crippen LogP contribution in [0.25, 0.3) is 10.2 Å². The number of hydrogen-bond donors (Lipinski definition) is 1. The van der Waals surface area contributed by atoms with E-state index in [4.69, 9.17) is 10.7 Å². The fraction of sp³-hybridized carbons (Fsp3) is 0.571. The number of nitrogen functional groups attached to an aromatic ring is 1. The van der Waals surface area contributed by atoms with Crippen molar-refractivity contribution in [2.24, 2.45) is 0 Å². The van der Waals surface area contributed by atoms with Crippen LogP contribution in [0.2, 0.25) is 0 Å². The van der Waals surface area contributed by atoms with Crippen LogP contribution in [-0.4, -0.2) is 9.97 Å². The van der Waals surface area contributed by atoms with Crippen molar-refractivity contribution in [1.82, 2.24) is 9.97 Å². The Labute approximate surface area is 111 Å². The van der Waals surface area contributed by atoms with Gasteiger partial charge in [0.2, 0.25) is 0 Å². The highest BCUT2D eigenvalue weighted by Gasteiger charge is 2.23. The molecule has 1 aliphatic rings. The van der Waals surface area contributed by atoms with Crippen LogP contribution in [0, 0.1) is 0 Å². The fourth-order valence-corrected chi connectivity index (χ4v) is 3.79. The topological polar surface area (TPSA) is 51.8 Å². The van der Waals surface area contributed by atoms with Gasteiger partial charge in [0, 0.05) is 10.3 Å². The van der Waals surface area contributed by atoms with E-state index >= 15 is 0 Å². The van der Waals surface area contributed by atoms with Gasteiger partial charge in [-0.3, -0.25) is 0 Å². The summed E-state index contributed by atoms with van der Waals surface area (Å²) in [5.41, 5.74) is 7.54. The van der Waals surface area contributed by atoms with Gasteiger partial charge in [0.15, 0.2) is 0 Å². The maximum Gasteiger partial charge on any atom is 0.137 e. The Bertz CT molecular complexity index is 608. The minimum absolute atomic E-state index is 0.0488. The van der Waals surface area contributed by atoms with Crippen LogP contribution in [0.5, 0.6) is 0 Å². The first kappa shape index (κ1) is 11.9. The first-order valence-corrected chi connectivity index (χ1v) is 7.36. The Balaban J connectivity index is 2.27. The summed E-state index contributed by atoms with van der Waals surface area (Å²) in [5, 5.41) is 1.13. The van der Waals surface area contributed by atoms with Gasteiger partial charge in [0.1, 0.15) is 16.5 Å². The molecule has 0 radical (unpaired) electrons. The van der Waals surface area contributed by atoms with E-state index in [2.05, 4.69) is 25.8 Å². The van der Waals surface area contributed by atoms with Crippen LogP contribution < -0.4 is 5.73 Å². The Morgan fingerprint density at radius 3 is 2.56 bits per heavy atom. The summed E-state index contributed by atoms with van der Waals surface area (Å²) < 4.78 is 0. The van der Waals surface area contributed by atoms with Crippen LogP contribution in [0.1, 0.15) is 49.9 Å². The highest BCUT2D eigenvalue weighted by atomic mass is 32.1. The van der Waals surface area contributed by atoms with Crippen LogP contribution in [0.4, 0.5) is 5.82 Å². The summed E-state index contributed by atoms with van der Waals surface area (Å²) in [6.45, 7) is 6.38. The van der Waals surface area contributed by atoms with Crippen LogP contribution in [0.15, 0.2) is 0 Å². The monoisotopic (exact) mass is 261 g/mol. The molecule has 0 bridgehead atoms. The lowest BCUT2D eigenvalue weighted by atomic mass is 9.94. The SMILES string of the molecule is CC(C)(C)c1nc(N)c2c3c(sc2n1)CCCC3. The molecular formula is C14H19N3S. The molecular weight excluding hydrogens is 242 g/mol. The molecule has 96 valence electrons. The number of nitrogens with two attached hydrogens (primary N) is 1. The average Bonchev–Trinajstić information content (AvgIpc) is 2.66. The first-order valence-electron chi connectivity index (χ1n) is 6.55. The van der Waals surface area contributed by atoms with E-state index in [-0.39, 0.29) is 5.41 Å². The van der Waals surface area contributed by atoms with Crippen molar-refractivity contribution < 1.29 is 0 Å². The molecule has 1 aliphatic carbocycles. The molecule has 3 nitrogen and oxygen atoms in total. The fourth-order valence-electron chi connectivity index (χ4n) is 2.52. The number of fused-ring (bicyclic) bond motifs is 3. The minimum Gasteiger partial charge on any atom is -0.383 e. The number of thiophene rings is 1. The van der Waals surface area contributed by atoms with E-state index in [0.717, 1.165) is 22.5 Å². The molecule has 0 aromatic carbocycles. The maximum atomic E-state index is 6.18. The first-order chi connectivity index (χ1) is 8.47. The molecule has 2 aromatic rings. The van der Waals surface area contributed by atoms with Crippen molar-refractivity contribution in [3.63, 3.8) is 0 Å². The number of aryl methyl sites for hydroxylation is 2. The number of nitrogens with zero attached hydrogens (tertiary/aromatic N) is 2. The summed E-state index contributed by atoms with van der Waals surface area (Å²) in [7, 11) is 0. The molecule has 0 saturated heterocycles. The van der Waals surface area contributed by atoms with Gasteiger partial charge in [-0.25, -0.2) is 9.97 Å². The smallest absolute Gasteiger partial charge is 0.137 e. The summed E-state index contributed by atoms with van der Waals surface area (Å²) in [6.07, 6.45) is 4.87. The lowest BCUT2D eigenvalue weighted by Gasteiger charge is -2.17. The Hall–Kier alpha value is -1.16. The largest absolute Gasteiger partial charge is 0.383 e. The van der Waals surface area contributed by atoms with Gasteiger partial charge in [0.25, 0.3) is 0 Å².